The SMILES string of the molecule is CC1(NC(=O)CSc2nc3sc4c(c3c(=O)n2C2CCCC2)CCCC4)CCS(=O)(=O)C1. The topological polar surface area (TPSA) is 98.1 Å². The van der Waals surface area contributed by atoms with Crippen LogP contribution in [0, 0.1) is 0 Å². The normalized spacial score (nSPS) is 25.3. The number of thiophene rings is 1. The number of sulfone groups is 1. The molecule has 2 fully saturated rings. The lowest BCUT2D eigenvalue weighted by atomic mass is 9.97. The van der Waals surface area contributed by atoms with E-state index >= 15 is 0 Å². The summed E-state index contributed by atoms with van der Waals surface area (Å²) in [5.74, 6) is -0.00808. The van der Waals surface area contributed by atoms with E-state index in [4.69, 9.17) is 4.98 Å². The monoisotopic (exact) mass is 495 g/mol. The van der Waals surface area contributed by atoms with Gasteiger partial charge in [-0.2, -0.15) is 0 Å². The van der Waals surface area contributed by atoms with Crippen molar-refractivity contribution < 1.29 is 13.2 Å². The van der Waals surface area contributed by atoms with Gasteiger partial charge in [-0.3, -0.25) is 14.2 Å². The Morgan fingerprint density at radius 3 is 2.72 bits per heavy atom. The van der Waals surface area contributed by atoms with E-state index in [1.165, 1.54) is 22.2 Å². The Kier molecular flexibility index (Phi) is 5.90. The molecular formula is C22H29N3O4S3. The maximum absolute atomic E-state index is 13.7. The van der Waals surface area contributed by atoms with E-state index in [0.717, 1.165) is 61.6 Å². The molecule has 1 atom stereocenters. The van der Waals surface area contributed by atoms with Crippen LogP contribution in [-0.2, 0) is 27.5 Å². The molecule has 3 heterocycles. The summed E-state index contributed by atoms with van der Waals surface area (Å²) < 4.78 is 25.5. The van der Waals surface area contributed by atoms with Crippen molar-refractivity contribution in [2.75, 3.05) is 17.3 Å². The molecule has 1 saturated heterocycles. The average Bonchev–Trinajstić information content (AvgIpc) is 3.43. The number of hydrogen-bond donors (Lipinski definition) is 1. The van der Waals surface area contributed by atoms with Crippen molar-refractivity contribution in [1.82, 2.24) is 14.9 Å². The van der Waals surface area contributed by atoms with E-state index in [9.17, 15) is 18.0 Å². The zero-order chi connectivity index (χ0) is 22.5. The second kappa shape index (κ2) is 8.43. The van der Waals surface area contributed by atoms with Gasteiger partial charge in [0.05, 0.1) is 28.2 Å². The number of aryl methyl sites for hydroxylation is 2. The highest BCUT2D eigenvalue weighted by Gasteiger charge is 2.39. The highest BCUT2D eigenvalue weighted by atomic mass is 32.2. The highest BCUT2D eigenvalue weighted by Crippen LogP contribution is 2.37. The number of hydrogen-bond acceptors (Lipinski definition) is 7. The number of fused-ring (bicyclic) bond motifs is 3. The molecule has 0 spiro atoms. The number of nitrogens with one attached hydrogen (secondary N) is 1. The Bertz CT molecular complexity index is 1230. The Balaban J connectivity index is 1.43. The first-order valence-corrected chi connectivity index (χ1v) is 15.1. The summed E-state index contributed by atoms with van der Waals surface area (Å²) in [6.45, 7) is 1.79. The third-order valence-electron chi connectivity index (χ3n) is 6.96. The minimum atomic E-state index is -3.09. The third-order valence-corrected chi connectivity index (χ3v) is 11.0. The first kappa shape index (κ1) is 22.4. The van der Waals surface area contributed by atoms with Gasteiger partial charge in [-0.25, -0.2) is 13.4 Å². The van der Waals surface area contributed by atoms with Gasteiger partial charge in [0.15, 0.2) is 15.0 Å². The van der Waals surface area contributed by atoms with Crippen LogP contribution >= 0.6 is 23.1 Å². The Labute approximate surface area is 196 Å². The number of carbonyl (C=O) groups is 1. The van der Waals surface area contributed by atoms with Gasteiger partial charge in [0.25, 0.3) is 5.56 Å². The highest BCUT2D eigenvalue weighted by molar-refractivity contribution is 7.99. The largest absolute Gasteiger partial charge is 0.349 e. The number of aromatic nitrogens is 2. The van der Waals surface area contributed by atoms with Crippen molar-refractivity contribution in [3.05, 3.63) is 20.8 Å². The van der Waals surface area contributed by atoms with Gasteiger partial charge in [-0.05, 0) is 57.4 Å². The van der Waals surface area contributed by atoms with Gasteiger partial charge in [0, 0.05) is 10.9 Å². The standard InChI is InChI=1S/C22H29N3O4S3/c1-22(10-11-32(28,29)13-22)24-17(26)12-30-21-23-19-18(15-8-4-5-9-16(15)31-19)20(27)25(21)14-6-2-3-7-14/h14H,2-13H2,1H3,(H,24,26). The first-order chi connectivity index (χ1) is 15.2. The number of thioether (sulfide) groups is 1. The van der Waals surface area contributed by atoms with Crippen LogP contribution in [0.4, 0.5) is 0 Å². The fraction of sp³-hybridized carbons (Fsp3) is 0.682. The van der Waals surface area contributed by atoms with E-state index in [1.807, 2.05) is 4.57 Å². The maximum atomic E-state index is 13.7. The molecule has 1 saturated carbocycles. The van der Waals surface area contributed by atoms with Gasteiger partial charge in [-0.15, -0.1) is 11.3 Å². The lowest BCUT2D eigenvalue weighted by molar-refractivity contribution is -0.120. The van der Waals surface area contributed by atoms with Crippen molar-refractivity contribution in [1.29, 1.82) is 0 Å². The minimum Gasteiger partial charge on any atom is -0.349 e. The van der Waals surface area contributed by atoms with Crippen LogP contribution in [0.3, 0.4) is 0 Å². The molecule has 10 heteroatoms. The van der Waals surface area contributed by atoms with Crippen LogP contribution in [0.25, 0.3) is 10.2 Å². The predicted octanol–water partition coefficient (Wildman–Crippen LogP) is 3.24. The summed E-state index contributed by atoms with van der Waals surface area (Å²) in [7, 11) is -3.09. The zero-order valence-corrected chi connectivity index (χ0v) is 20.8. The molecule has 7 nitrogen and oxygen atoms in total. The molecule has 5 rings (SSSR count). The van der Waals surface area contributed by atoms with Crippen molar-refractivity contribution in [3.63, 3.8) is 0 Å². The van der Waals surface area contributed by atoms with Crippen molar-refractivity contribution in [2.45, 2.75) is 81.4 Å². The van der Waals surface area contributed by atoms with Crippen molar-refractivity contribution in [3.8, 4) is 0 Å². The average molecular weight is 496 g/mol. The molecule has 2 aromatic rings. The van der Waals surface area contributed by atoms with E-state index in [0.29, 0.717) is 11.6 Å². The summed E-state index contributed by atoms with van der Waals surface area (Å²) in [5.41, 5.74) is 0.536. The van der Waals surface area contributed by atoms with Gasteiger partial charge in [-0.1, -0.05) is 24.6 Å². The quantitative estimate of drug-likeness (QED) is 0.505. The molecular weight excluding hydrogens is 466 g/mol. The lowest BCUT2D eigenvalue weighted by Crippen LogP contribution is -2.47. The zero-order valence-electron chi connectivity index (χ0n) is 18.3. The molecule has 1 amide bonds. The smallest absolute Gasteiger partial charge is 0.263 e. The van der Waals surface area contributed by atoms with Gasteiger partial charge >= 0.3 is 0 Å². The van der Waals surface area contributed by atoms with Gasteiger partial charge in [0.1, 0.15) is 4.83 Å². The molecule has 1 aliphatic heterocycles. The Morgan fingerprint density at radius 1 is 1.25 bits per heavy atom. The molecule has 32 heavy (non-hydrogen) atoms. The molecule has 1 unspecified atom stereocenters. The lowest BCUT2D eigenvalue weighted by Gasteiger charge is -2.24. The number of amides is 1. The van der Waals surface area contributed by atoms with Gasteiger partial charge < -0.3 is 5.32 Å². The number of carbonyl (C=O) groups excluding carboxylic acids is 1. The van der Waals surface area contributed by atoms with Crippen LogP contribution in [0.2, 0.25) is 0 Å². The Morgan fingerprint density at radius 2 is 2.00 bits per heavy atom. The van der Waals surface area contributed by atoms with Crippen molar-refractivity contribution in [2.24, 2.45) is 0 Å². The number of rotatable bonds is 5. The molecule has 0 bridgehead atoms. The minimum absolute atomic E-state index is 0.0197. The second-order valence-electron chi connectivity index (χ2n) is 9.64. The van der Waals surface area contributed by atoms with E-state index in [-0.39, 0.29) is 34.8 Å². The molecule has 174 valence electrons. The molecule has 0 aromatic carbocycles. The van der Waals surface area contributed by atoms with E-state index < -0.39 is 15.4 Å². The molecule has 1 N–H and O–H groups in total. The van der Waals surface area contributed by atoms with Crippen LogP contribution in [0.15, 0.2) is 9.95 Å². The van der Waals surface area contributed by atoms with Crippen molar-refractivity contribution >= 4 is 49.1 Å². The first-order valence-electron chi connectivity index (χ1n) is 11.5. The third kappa shape index (κ3) is 4.25. The molecule has 2 aliphatic carbocycles. The number of nitrogens with zero attached hydrogens (tertiary/aromatic N) is 2. The summed E-state index contributed by atoms with van der Waals surface area (Å²) in [6, 6.07) is 0.140. The van der Waals surface area contributed by atoms with E-state index in [2.05, 4.69) is 5.32 Å². The second-order valence-corrected chi connectivity index (χ2v) is 13.8. The summed E-state index contributed by atoms with van der Waals surface area (Å²) in [5, 5.41) is 4.33. The Hall–Kier alpha value is -1.39. The van der Waals surface area contributed by atoms with Crippen LogP contribution in [0.5, 0.6) is 0 Å². The van der Waals surface area contributed by atoms with Gasteiger partial charge in [0.2, 0.25) is 5.91 Å². The van der Waals surface area contributed by atoms with Crippen LogP contribution in [-0.4, -0.2) is 46.7 Å². The summed E-state index contributed by atoms with van der Waals surface area (Å²) in [4.78, 5) is 33.3. The maximum Gasteiger partial charge on any atom is 0.263 e. The fourth-order valence-corrected chi connectivity index (χ4v) is 9.66. The summed E-state index contributed by atoms with van der Waals surface area (Å²) in [6.07, 6.45) is 8.83. The molecule has 0 radical (unpaired) electrons. The summed E-state index contributed by atoms with van der Waals surface area (Å²) >= 11 is 2.93. The molecule has 3 aliphatic rings. The fourth-order valence-electron chi connectivity index (χ4n) is 5.40. The molecule has 2 aromatic heterocycles. The van der Waals surface area contributed by atoms with Crippen LogP contribution in [0.1, 0.15) is 68.4 Å². The predicted molar refractivity (Wildman–Crippen MR) is 129 cm³/mol. The van der Waals surface area contributed by atoms with Crippen LogP contribution < -0.4 is 10.9 Å². The van der Waals surface area contributed by atoms with E-state index in [1.54, 1.807) is 18.3 Å².